The first-order valence-corrected chi connectivity index (χ1v) is 4.93. The summed E-state index contributed by atoms with van der Waals surface area (Å²) in [4.78, 5) is 4.06. The van der Waals surface area contributed by atoms with Gasteiger partial charge in [0, 0.05) is 0 Å². The Morgan fingerprint density at radius 2 is 2.00 bits per heavy atom. The second-order valence-corrected chi connectivity index (χ2v) is 4.38. The first-order chi connectivity index (χ1) is 6.88. The summed E-state index contributed by atoms with van der Waals surface area (Å²) in [5, 5.41) is 0.705. The predicted octanol–water partition coefficient (Wildman–Crippen LogP) is 3.21. The van der Waals surface area contributed by atoms with E-state index in [1.54, 1.807) is 6.92 Å². The van der Waals surface area contributed by atoms with Crippen molar-refractivity contribution in [2.24, 2.45) is 0 Å². The quantitative estimate of drug-likeness (QED) is 0.708. The van der Waals surface area contributed by atoms with Crippen LogP contribution in [0.15, 0.2) is 12.1 Å². The molecule has 1 aromatic heterocycles. The molecule has 0 aliphatic carbocycles. The van der Waals surface area contributed by atoms with Crippen molar-refractivity contribution in [1.82, 2.24) is 4.98 Å². The molecular weight excluding hydrogens is 225 g/mol. The van der Waals surface area contributed by atoms with Crippen molar-refractivity contribution in [3.05, 3.63) is 22.7 Å². The van der Waals surface area contributed by atoms with Crippen LogP contribution in [0, 0.1) is 6.92 Å². The molecule has 0 spiro atoms. The largest absolute Gasteiger partial charge is 0.416 e. The van der Waals surface area contributed by atoms with Gasteiger partial charge in [-0.15, -0.1) is 11.3 Å². The van der Waals surface area contributed by atoms with Crippen LogP contribution >= 0.6 is 11.3 Å². The highest BCUT2D eigenvalue weighted by Crippen LogP contribution is 2.35. The monoisotopic (exact) mass is 232 g/mol. The van der Waals surface area contributed by atoms with Crippen LogP contribution in [-0.2, 0) is 6.18 Å². The van der Waals surface area contributed by atoms with E-state index in [0.717, 1.165) is 12.1 Å². The highest BCUT2D eigenvalue weighted by atomic mass is 32.1. The van der Waals surface area contributed by atoms with Gasteiger partial charge in [-0.05, 0) is 19.1 Å². The van der Waals surface area contributed by atoms with E-state index >= 15 is 0 Å². The van der Waals surface area contributed by atoms with Crippen molar-refractivity contribution in [1.29, 1.82) is 0 Å². The van der Waals surface area contributed by atoms with Crippen LogP contribution in [-0.4, -0.2) is 4.98 Å². The van der Waals surface area contributed by atoms with Crippen molar-refractivity contribution in [3.63, 3.8) is 0 Å². The third-order valence-electron chi connectivity index (χ3n) is 1.96. The molecule has 0 atom stereocenters. The molecule has 0 fully saturated rings. The topological polar surface area (TPSA) is 38.9 Å². The number of halogens is 3. The molecule has 1 aromatic carbocycles. The van der Waals surface area contributed by atoms with Crippen LogP contribution in [0.3, 0.4) is 0 Å². The average molecular weight is 232 g/mol. The van der Waals surface area contributed by atoms with Crippen LogP contribution in [0.2, 0.25) is 0 Å². The van der Waals surface area contributed by atoms with Gasteiger partial charge in [-0.25, -0.2) is 4.98 Å². The number of benzene rings is 1. The SMILES string of the molecule is Cc1nc2c(N)cc(C(F)(F)F)cc2s1. The van der Waals surface area contributed by atoms with Gasteiger partial charge in [0.1, 0.15) is 5.52 Å². The molecule has 2 rings (SSSR count). The third-order valence-corrected chi connectivity index (χ3v) is 2.88. The minimum absolute atomic E-state index is 0.0733. The van der Waals surface area contributed by atoms with Gasteiger partial charge < -0.3 is 5.73 Å². The fraction of sp³-hybridized carbons (Fsp3) is 0.222. The zero-order valence-corrected chi connectivity index (χ0v) is 8.54. The maximum atomic E-state index is 12.4. The standard InChI is InChI=1S/C9H7F3N2S/c1-4-14-8-6(13)2-5(9(10,11)12)3-7(8)15-4/h2-3H,13H2,1H3. The predicted molar refractivity (Wildman–Crippen MR) is 53.8 cm³/mol. The molecule has 6 heteroatoms. The molecule has 0 saturated heterocycles. The smallest absolute Gasteiger partial charge is 0.397 e. The van der Waals surface area contributed by atoms with Crippen molar-refractivity contribution < 1.29 is 13.2 Å². The van der Waals surface area contributed by atoms with Gasteiger partial charge in [0.15, 0.2) is 0 Å². The Morgan fingerprint density at radius 1 is 1.33 bits per heavy atom. The van der Waals surface area contributed by atoms with Crippen molar-refractivity contribution in [2.75, 3.05) is 5.73 Å². The van der Waals surface area contributed by atoms with E-state index in [0.29, 0.717) is 15.2 Å². The Labute approximate surface area is 87.5 Å². The van der Waals surface area contributed by atoms with Gasteiger partial charge in [0.25, 0.3) is 0 Å². The number of hydrogen-bond donors (Lipinski definition) is 1. The summed E-state index contributed by atoms with van der Waals surface area (Å²) in [6.45, 7) is 1.73. The van der Waals surface area contributed by atoms with Crippen LogP contribution < -0.4 is 5.73 Å². The van der Waals surface area contributed by atoms with Gasteiger partial charge in [0.2, 0.25) is 0 Å². The highest BCUT2D eigenvalue weighted by Gasteiger charge is 2.31. The maximum absolute atomic E-state index is 12.4. The van der Waals surface area contributed by atoms with Gasteiger partial charge in [0.05, 0.1) is 21.0 Å². The van der Waals surface area contributed by atoms with E-state index in [1.807, 2.05) is 0 Å². The van der Waals surface area contributed by atoms with Gasteiger partial charge in [-0.3, -0.25) is 0 Å². The van der Waals surface area contributed by atoms with E-state index in [4.69, 9.17) is 5.73 Å². The Balaban J connectivity index is 2.72. The first-order valence-electron chi connectivity index (χ1n) is 4.12. The summed E-state index contributed by atoms with van der Waals surface area (Å²) >= 11 is 1.21. The minimum Gasteiger partial charge on any atom is -0.397 e. The van der Waals surface area contributed by atoms with Crippen molar-refractivity contribution in [2.45, 2.75) is 13.1 Å². The molecule has 80 valence electrons. The third kappa shape index (κ3) is 1.77. The molecular formula is C9H7F3N2S. The molecule has 1 heterocycles. The number of nitrogens with zero attached hydrogens (tertiary/aromatic N) is 1. The Hall–Kier alpha value is -1.30. The number of nitrogens with two attached hydrogens (primary N) is 1. The van der Waals surface area contributed by atoms with Crippen LogP contribution in [0.25, 0.3) is 10.2 Å². The van der Waals surface area contributed by atoms with E-state index in [9.17, 15) is 13.2 Å². The lowest BCUT2D eigenvalue weighted by Gasteiger charge is -2.07. The number of alkyl halides is 3. The summed E-state index contributed by atoms with van der Waals surface area (Å²) in [5.41, 5.74) is 5.31. The van der Waals surface area contributed by atoms with Gasteiger partial charge in [-0.2, -0.15) is 13.2 Å². The summed E-state index contributed by atoms with van der Waals surface area (Å²) in [6, 6.07) is 2.00. The lowest BCUT2D eigenvalue weighted by atomic mass is 10.2. The molecule has 0 aliphatic rings. The number of aryl methyl sites for hydroxylation is 1. The molecule has 0 radical (unpaired) electrons. The number of nitrogen functional groups attached to an aromatic ring is 1. The normalized spacial score (nSPS) is 12.3. The number of hydrogen-bond acceptors (Lipinski definition) is 3. The maximum Gasteiger partial charge on any atom is 0.416 e. The molecule has 2 aromatic rings. The number of anilines is 1. The highest BCUT2D eigenvalue weighted by molar-refractivity contribution is 7.18. The minimum atomic E-state index is -4.36. The first kappa shape index (κ1) is 10.2. The Kier molecular flexibility index (Phi) is 2.11. The van der Waals surface area contributed by atoms with E-state index < -0.39 is 11.7 Å². The zero-order chi connectivity index (χ0) is 11.2. The molecule has 2 N–H and O–H groups in total. The van der Waals surface area contributed by atoms with Crippen LogP contribution in [0.4, 0.5) is 18.9 Å². The summed E-state index contributed by atoms with van der Waals surface area (Å²) in [6.07, 6.45) is -4.36. The molecule has 0 aliphatic heterocycles. The molecule has 0 bridgehead atoms. The van der Waals surface area contributed by atoms with E-state index in [1.165, 1.54) is 11.3 Å². The van der Waals surface area contributed by atoms with Crippen LogP contribution in [0.1, 0.15) is 10.6 Å². The number of thiazole rings is 1. The van der Waals surface area contributed by atoms with Gasteiger partial charge >= 0.3 is 6.18 Å². The van der Waals surface area contributed by atoms with Gasteiger partial charge in [-0.1, -0.05) is 0 Å². The Morgan fingerprint density at radius 3 is 2.60 bits per heavy atom. The second-order valence-electron chi connectivity index (χ2n) is 3.14. The van der Waals surface area contributed by atoms with E-state index in [2.05, 4.69) is 4.98 Å². The molecule has 0 unspecified atom stereocenters. The molecule has 0 saturated carbocycles. The van der Waals surface area contributed by atoms with Crippen molar-refractivity contribution >= 4 is 27.2 Å². The van der Waals surface area contributed by atoms with Crippen LogP contribution in [0.5, 0.6) is 0 Å². The second kappa shape index (κ2) is 3.10. The zero-order valence-electron chi connectivity index (χ0n) is 7.72. The molecule has 0 amide bonds. The summed E-state index contributed by atoms with van der Waals surface area (Å²) in [5.74, 6) is 0. The number of fused-ring (bicyclic) bond motifs is 1. The summed E-state index contributed by atoms with van der Waals surface area (Å²) in [7, 11) is 0. The number of rotatable bonds is 0. The number of aromatic nitrogens is 1. The lowest BCUT2D eigenvalue weighted by Crippen LogP contribution is -2.05. The fourth-order valence-corrected chi connectivity index (χ4v) is 2.23. The average Bonchev–Trinajstić information content (AvgIpc) is 2.44. The fourth-order valence-electron chi connectivity index (χ4n) is 1.33. The molecule has 15 heavy (non-hydrogen) atoms. The summed E-state index contributed by atoms with van der Waals surface area (Å²) < 4.78 is 37.8. The Bertz CT molecular complexity index is 516. The lowest BCUT2D eigenvalue weighted by molar-refractivity contribution is -0.137. The van der Waals surface area contributed by atoms with Crippen molar-refractivity contribution in [3.8, 4) is 0 Å². The van der Waals surface area contributed by atoms with E-state index in [-0.39, 0.29) is 5.69 Å². The molecule has 2 nitrogen and oxygen atoms in total.